The van der Waals surface area contributed by atoms with Crippen molar-refractivity contribution in [1.82, 2.24) is 10.9 Å². The van der Waals surface area contributed by atoms with E-state index in [0.29, 0.717) is 0 Å². The monoisotopic (exact) mass is 222 g/mol. The lowest BCUT2D eigenvalue weighted by molar-refractivity contribution is -0.123. The van der Waals surface area contributed by atoms with Crippen molar-refractivity contribution in [3.8, 4) is 0 Å². The van der Waals surface area contributed by atoms with Gasteiger partial charge in [-0.1, -0.05) is 6.58 Å². The lowest BCUT2D eigenvalue weighted by Gasteiger charge is -2.01. The van der Waals surface area contributed by atoms with Gasteiger partial charge >= 0.3 is 0 Å². The van der Waals surface area contributed by atoms with Crippen molar-refractivity contribution in [1.29, 1.82) is 0 Å². The first-order valence-corrected chi connectivity index (χ1v) is 3.46. The van der Waals surface area contributed by atoms with Gasteiger partial charge in [-0.2, -0.15) is 0 Å². The highest BCUT2D eigenvalue weighted by atomic mass is 16.2. The van der Waals surface area contributed by atoms with Crippen LogP contribution in [-0.2, 0) is 9.59 Å². The molecule has 0 aliphatic heterocycles. The molecule has 0 unspecified atom stereocenters. The Bertz CT molecular complexity index is 193. The molecular formula is C5H18N8O2. The van der Waals surface area contributed by atoms with Crippen LogP contribution in [0.1, 0.15) is 6.42 Å². The Labute approximate surface area is 86.9 Å². The number of carbonyl (C=O) groups is 2. The smallest absolute Gasteiger partial charge is 0.261 e. The third kappa shape index (κ3) is 12.4. The maximum atomic E-state index is 10.6. The van der Waals surface area contributed by atoms with Gasteiger partial charge in [0.2, 0.25) is 5.91 Å². The zero-order valence-electron chi connectivity index (χ0n) is 8.19. The number of hydrogen-bond donors (Lipinski definition) is 8. The Morgan fingerprint density at radius 1 is 1.00 bits per heavy atom. The second-order valence-electron chi connectivity index (χ2n) is 1.82. The van der Waals surface area contributed by atoms with Crippen molar-refractivity contribution in [3.63, 3.8) is 0 Å². The SMILES string of the molecule is C=C(CC(=O)NN)C(=O)NN.NN.NN. The predicted molar refractivity (Wildman–Crippen MR) is 55.2 cm³/mol. The summed E-state index contributed by atoms with van der Waals surface area (Å²) in [6.45, 7) is 3.30. The third-order valence-electron chi connectivity index (χ3n) is 0.987. The summed E-state index contributed by atoms with van der Waals surface area (Å²) in [5, 5.41) is 0. The van der Waals surface area contributed by atoms with E-state index in [4.69, 9.17) is 11.7 Å². The van der Waals surface area contributed by atoms with E-state index in [-0.39, 0.29) is 12.0 Å². The van der Waals surface area contributed by atoms with Gasteiger partial charge in [0.05, 0.1) is 6.42 Å². The third-order valence-corrected chi connectivity index (χ3v) is 0.987. The highest BCUT2D eigenvalue weighted by Gasteiger charge is 2.08. The molecule has 0 atom stereocenters. The highest BCUT2D eigenvalue weighted by molar-refractivity contribution is 5.97. The zero-order chi connectivity index (χ0) is 12.9. The van der Waals surface area contributed by atoms with Crippen molar-refractivity contribution >= 4 is 11.8 Å². The van der Waals surface area contributed by atoms with E-state index >= 15 is 0 Å². The second-order valence-corrected chi connectivity index (χ2v) is 1.82. The van der Waals surface area contributed by atoms with Gasteiger partial charge in [-0.3, -0.25) is 43.8 Å². The van der Waals surface area contributed by atoms with E-state index in [9.17, 15) is 9.59 Å². The first-order chi connectivity index (χ1) is 7.11. The molecule has 0 aromatic rings. The Morgan fingerprint density at radius 2 is 1.40 bits per heavy atom. The summed E-state index contributed by atoms with van der Waals surface area (Å²) in [5.41, 5.74) is 3.75. The van der Waals surface area contributed by atoms with Crippen molar-refractivity contribution in [3.05, 3.63) is 12.2 Å². The summed E-state index contributed by atoms with van der Waals surface area (Å²) in [6.07, 6.45) is -0.153. The van der Waals surface area contributed by atoms with E-state index in [1.54, 1.807) is 0 Å². The quantitative estimate of drug-likeness (QED) is 0.100. The van der Waals surface area contributed by atoms with E-state index in [1.807, 2.05) is 10.9 Å². The fourth-order valence-electron chi connectivity index (χ4n) is 0.427. The molecule has 0 fully saturated rings. The molecule has 0 saturated carbocycles. The van der Waals surface area contributed by atoms with Crippen molar-refractivity contribution in [2.24, 2.45) is 35.1 Å². The fourth-order valence-corrected chi connectivity index (χ4v) is 0.427. The molecule has 0 bridgehead atoms. The summed E-state index contributed by atoms with van der Waals surface area (Å²) in [5.74, 6) is 24.5. The Morgan fingerprint density at radius 3 is 1.67 bits per heavy atom. The molecule has 0 aromatic carbocycles. The molecule has 0 aromatic heterocycles. The van der Waals surface area contributed by atoms with Crippen LogP contribution in [0.4, 0.5) is 0 Å². The molecule has 0 spiro atoms. The van der Waals surface area contributed by atoms with E-state index in [2.05, 4.69) is 29.9 Å². The molecule has 2 amide bonds. The van der Waals surface area contributed by atoms with E-state index in [1.165, 1.54) is 0 Å². The number of carbonyl (C=O) groups excluding carboxylic acids is 2. The van der Waals surface area contributed by atoms with Crippen molar-refractivity contribution in [2.45, 2.75) is 6.42 Å². The summed E-state index contributed by atoms with van der Waals surface area (Å²) in [6, 6.07) is 0. The molecule has 14 N–H and O–H groups in total. The largest absolute Gasteiger partial charge is 0.294 e. The van der Waals surface area contributed by atoms with Crippen LogP contribution in [0.3, 0.4) is 0 Å². The van der Waals surface area contributed by atoms with Crippen LogP contribution < -0.4 is 45.9 Å². The topological polar surface area (TPSA) is 214 Å². The molecular weight excluding hydrogens is 204 g/mol. The van der Waals surface area contributed by atoms with Crippen LogP contribution in [-0.4, -0.2) is 11.8 Å². The minimum absolute atomic E-state index is 0.0652. The number of hydrogen-bond acceptors (Lipinski definition) is 8. The number of amides is 2. The van der Waals surface area contributed by atoms with E-state index < -0.39 is 11.8 Å². The van der Waals surface area contributed by atoms with Gasteiger partial charge < -0.3 is 0 Å². The molecule has 10 nitrogen and oxygen atoms in total. The number of hydrazine groups is 4. The number of nitrogens with one attached hydrogen (secondary N) is 2. The van der Waals surface area contributed by atoms with Crippen LogP contribution in [0, 0.1) is 0 Å². The summed E-state index contributed by atoms with van der Waals surface area (Å²) >= 11 is 0. The van der Waals surface area contributed by atoms with Gasteiger partial charge in [0.25, 0.3) is 5.91 Å². The van der Waals surface area contributed by atoms with Crippen molar-refractivity contribution < 1.29 is 9.59 Å². The van der Waals surface area contributed by atoms with Gasteiger partial charge in [-0.05, 0) is 0 Å². The molecule has 15 heavy (non-hydrogen) atoms. The molecule has 0 aliphatic carbocycles. The first kappa shape index (κ1) is 19.1. The first-order valence-electron chi connectivity index (χ1n) is 3.46. The van der Waals surface area contributed by atoms with Crippen LogP contribution in [0.25, 0.3) is 0 Å². The average molecular weight is 222 g/mol. The van der Waals surface area contributed by atoms with E-state index in [0.717, 1.165) is 0 Å². The van der Waals surface area contributed by atoms with Gasteiger partial charge in [0.15, 0.2) is 0 Å². The average Bonchev–Trinajstić information content (AvgIpc) is 2.32. The van der Waals surface area contributed by atoms with Crippen molar-refractivity contribution in [2.75, 3.05) is 0 Å². The number of rotatable bonds is 3. The van der Waals surface area contributed by atoms with Gasteiger partial charge in [-0.15, -0.1) is 0 Å². The Balaban J connectivity index is -0.000000318. The van der Waals surface area contributed by atoms with Gasteiger partial charge in [0.1, 0.15) is 0 Å². The van der Waals surface area contributed by atoms with Gasteiger partial charge in [0, 0.05) is 5.57 Å². The van der Waals surface area contributed by atoms with Crippen LogP contribution >= 0.6 is 0 Å². The molecule has 0 heterocycles. The van der Waals surface area contributed by atoms with Crippen LogP contribution in [0.5, 0.6) is 0 Å². The molecule has 90 valence electrons. The molecule has 0 rings (SSSR count). The lowest BCUT2D eigenvalue weighted by atomic mass is 10.2. The Kier molecular flexibility index (Phi) is 19.0. The molecule has 0 saturated heterocycles. The minimum Gasteiger partial charge on any atom is -0.294 e. The van der Waals surface area contributed by atoms with Crippen LogP contribution in [0.2, 0.25) is 0 Å². The molecule has 10 heteroatoms. The summed E-state index contributed by atoms with van der Waals surface area (Å²) in [7, 11) is 0. The molecule has 0 aliphatic rings. The standard InChI is InChI=1S/C5H10N4O2.2H4N2/c1-3(5(11)9-7)2-4(10)8-6;2*1-2/h1-2,6-7H2,(H,8,10)(H,9,11);2*1-2H2. The highest BCUT2D eigenvalue weighted by Crippen LogP contribution is 1.95. The minimum atomic E-state index is -0.575. The predicted octanol–water partition coefficient (Wildman–Crippen LogP) is -4.45. The molecule has 0 radical (unpaired) electrons. The lowest BCUT2D eigenvalue weighted by Crippen LogP contribution is -2.35. The summed E-state index contributed by atoms with van der Waals surface area (Å²) < 4.78 is 0. The second kappa shape index (κ2) is 14.9. The Hall–Kier alpha value is -1.56. The summed E-state index contributed by atoms with van der Waals surface area (Å²) in [4.78, 5) is 21.1. The zero-order valence-corrected chi connectivity index (χ0v) is 8.19. The van der Waals surface area contributed by atoms with Gasteiger partial charge in [-0.25, -0.2) is 11.7 Å². The van der Waals surface area contributed by atoms with Crippen LogP contribution in [0.15, 0.2) is 12.2 Å². The maximum Gasteiger partial charge on any atom is 0.261 e. The number of nitrogens with two attached hydrogens (primary N) is 6. The fraction of sp³-hybridized carbons (Fsp3) is 0.200. The normalized spacial score (nSPS) is 7.07. The maximum absolute atomic E-state index is 10.6.